The predicted molar refractivity (Wildman–Crippen MR) is 82.8 cm³/mol. The highest BCUT2D eigenvalue weighted by atomic mass is 16.2. The smallest absolute Gasteiger partial charge is 0.272 e. The maximum atomic E-state index is 12.4. The van der Waals surface area contributed by atoms with Crippen LogP contribution in [0.1, 0.15) is 29.0 Å². The van der Waals surface area contributed by atoms with Gasteiger partial charge in [0, 0.05) is 11.1 Å². The standard InChI is InChI=1S/C16H16N4O/c1-10(11-5-3-2-4-6-11)18-16(21)15-13-9-12(17)7-8-14(13)19-20-15/h2-10H,17H2,1H3,(H,18,21)(H,19,20). The number of carbonyl (C=O) groups excluding carboxylic acids is 1. The van der Waals surface area contributed by atoms with E-state index in [9.17, 15) is 4.79 Å². The minimum atomic E-state index is -0.219. The summed E-state index contributed by atoms with van der Waals surface area (Å²) in [5.41, 5.74) is 8.58. The lowest BCUT2D eigenvalue weighted by Gasteiger charge is -2.13. The summed E-state index contributed by atoms with van der Waals surface area (Å²) in [6.07, 6.45) is 0. The first kappa shape index (κ1) is 13.2. The van der Waals surface area contributed by atoms with E-state index in [1.165, 1.54) is 0 Å². The lowest BCUT2D eigenvalue weighted by molar-refractivity contribution is 0.0936. The Morgan fingerprint density at radius 2 is 2.00 bits per heavy atom. The fraction of sp³-hybridized carbons (Fsp3) is 0.125. The number of aromatic amines is 1. The molecule has 1 unspecified atom stereocenters. The van der Waals surface area contributed by atoms with E-state index in [4.69, 9.17) is 5.73 Å². The van der Waals surface area contributed by atoms with Crippen LogP contribution in [0.4, 0.5) is 5.69 Å². The van der Waals surface area contributed by atoms with Crippen LogP contribution < -0.4 is 11.1 Å². The Balaban J connectivity index is 1.86. The molecule has 0 bridgehead atoms. The van der Waals surface area contributed by atoms with Gasteiger partial charge in [-0.15, -0.1) is 0 Å². The third-order valence-electron chi connectivity index (χ3n) is 3.45. The van der Waals surface area contributed by atoms with Crippen molar-refractivity contribution in [3.05, 3.63) is 59.8 Å². The normalized spacial score (nSPS) is 12.2. The van der Waals surface area contributed by atoms with Crippen LogP contribution in [0.3, 0.4) is 0 Å². The summed E-state index contributed by atoms with van der Waals surface area (Å²) in [6, 6.07) is 15.0. The van der Waals surface area contributed by atoms with E-state index in [0.29, 0.717) is 11.4 Å². The predicted octanol–water partition coefficient (Wildman–Crippen LogP) is 2.64. The zero-order valence-corrected chi connectivity index (χ0v) is 11.6. The van der Waals surface area contributed by atoms with Crippen LogP contribution in [-0.4, -0.2) is 16.1 Å². The first-order chi connectivity index (χ1) is 10.1. The summed E-state index contributed by atoms with van der Waals surface area (Å²) in [4.78, 5) is 12.4. The number of aromatic nitrogens is 2. The van der Waals surface area contributed by atoms with Gasteiger partial charge in [0.25, 0.3) is 5.91 Å². The van der Waals surface area contributed by atoms with E-state index >= 15 is 0 Å². The lowest BCUT2D eigenvalue weighted by atomic mass is 10.1. The minimum Gasteiger partial charge on any atom is -0.399 e. The molecule has 3 rings (SSSR count). The van der Waals surface area contributed by atoms with Crippen molar-refractivity contribution < 1.29 is 4.79 Å². The molecule has 0 spiro atoms. The summed E-state index contributed by atoms with van der Waals surface area (Å²) in [5, 5.41) is 10.6. The van der Waals surface area contributed by atoms with Gasteiger partial charge >= 0.3 is 0 Å². The third-order valence-corrected chi connectivity index (χ3v) is 3.45. The number of nitrogen functional groups attached to an aromatic ring is 1. The Hall–Kier alpha value is -2.82. The number of nitrogens with one attached hydrogen (secondary N) is 2. The van der Waals surface area contributed by atoms with Gasteiger partial charge in [-0.3, -0.25) is 9.89 Å². The maximum Gasteiger partial charge on any atom is 0.272 e. The van der Waals surface area contributed by atoms with Gasteiger partial charge in [-0.2, -0.15) is 5.10 Å². The van der Waals surface area contributed by atoms with Crippen molar-refractivity contribution >= 4 is 22.5 Å². The third kappa shape index (κ3) is 2.58. The van der Waals surface area contributed by atoms with Crippen molar-refractivity contribution in [1.82, 2.24) is 15.5 Å². The van der Waals surface area contributed by atoms with E-state index in [2.05, 4.69) is 15.5 Å². The summed E-state index contributed by atoms with van der Waals surface area (Å²) >= 11 is 0. The molecule has 0 saturated heterocycles. The van der Waals surface area contributed by atoms with Gasteiger partial charge in [-0.25, -0.2) is 0 Å². The van der Waals surface area contributed by atoms with Crippen LogP contribution in [0.25, 0.3) is 10.9 Å². The van der Waals surface area contributed by atoms with Crippen molar-refractivity contribution in [2.45, 2.75) is 13.0 Å². The molecule has 0 aliphatic heterocycles. The van der Waals surface area contributed by atoms with Gasteiger partial charge in [0.1, 0.15) is 0 Å². The second-order valence-corrected chi connectivity index (χ2v) is 4.98. The van der Waals surface area contributed by atoms with Gasteiger partial charge in [0.05, 0.1) is 11.6 Å². The Morgan fingerprint density at radius 3 is 2.76 bits per heavy atom. The molecule has 1 amide bonds. The summed E-state index contributed by atoms with van der Waals surface area (Å²) in [5.74, 6) is -0.219. The Morgan fingerprint density at radius 1 is 1.24 bits per heavy atom. The van der Waals surface area contributed by atoms with E-state index in [-0.39, 0.29) is 11.9 Å². The van der Waals surface area contributed by atoms with Gasteiger partial charge < -0.3 is 11.1 Å². The van der Waals surface area contributed by atoms with Crippen LogP contribution in [0, 0.1) is 0 Å². The Kier molecular flexibility index (Phi) is 3.31. The number of nitrogens with zero attached hydrogens (tertiary/aromatic N) is 1. The number of hydrogen-bond acceptors (Lipinski definition) is 3. The first-order valence-corrected chi connectivity index (χ1v) is 6.74. The molecule has 0 fully saturated rings. The zero-order valence-electron chi connectivity index (χ0n) is 11.6. The Bertz CT molecular complexity index is 779. The molecular formula is C16H16N4O. The number of H-pyrrole nitrogens is 1. The van der Waals surface area contributed by atoms with E-state index in [1.54, 1.807) is 12.1 Å². The number of nitrogens with two attached hydrogens (primary N) is 1. The molecule has 4 N–H and O–H groups in total. The number of rotatable bonds is 3. The summed E-state index contributed by atoms with van der Waals surface area (Å²) in [6.45, 7) is 1.94. The highest BCUT2D eigenvalue weighted by molar-refractivity contribution is 6.05. The lowest BCUT2D eigenvalue weighted by Crippen LogP contribution is -2.27. The molecular weight excluding hydrogens is 264 g/mol. The molecule has 5 nitrogen and oxygen atoms in total. The second kappa shape index (κ2) is 5.28. The van der Waals surface area contributed by atoms with Crippen molar-refractivity contribution in [3.63, 3.8) is 0 Å². The quantitative estimate of drug-likeness (QED) is 0.645. The summed E-state index contributed by atoms with van der Waals surface area (Å²) < 4.78 is 0. The Labute approximate surface area is 122 Å². The molecule has 0 radical (unpaired) electrons. The van der Waals surface area contributed by atoms with E-state index < -0.39 is 0 Å². The minimum absolute atomic E-state index is 0.0912. The number of fused-ring (bicyclic) bond motifs is 1. The van der Waals surface area contributed by atoms with Gasteiger partial charge in [0.15, 0.2) is 5.69 Å². The van der Waals surface area contributed by atoms with Crippen molar-refractivity contribution in [2.24, 2.45) is 0 Å². The number of hydrogen-bond donors (Lipinski definition) is 3. The van der Waals surface area contributed by atoms with Crippen LogP contribution >= 0.6 is 0 Å². The van der Waals surface area contributed by atoms with Crippen LogP contribution in [0.2, 0.25) is 0 Å². The largest absolute Gasteiger partial charge is 0.399 e. The zero-order chi connectivity index (χ0) is 14.8. The van der Waals surface area contributed by atoms with Crippen molar-refractivity contribution in [1.29, 1.82) is 0 Å². The topological polar surface area (TPSA) is 83.8 Å². The van der Waals surface area contributed by atoms with Crippen molar-refractivity contribution in [2.75, 3.05) is 5.73 Å². The molecule has 0 saturated carbocycles. The monoisotopic (exact) mass is 280 g/mol. The van der Waals surface area contributed by atoms with Gasteiger partial charge in [0.2, 0.25) is 0 Å². The fourth-order valence-electron chi connectivity index (χ4n) is 2.29. The molecule has 5 heteroatoms. The molecule has 106 valence electrons. The molecule has 21 heavy (non-hydrogen) atoms. The molecule has 1 aromatic heterocycles. The average molecular weight is 280 g/mol. The van der Waals surface area contributed by atoms with Gasteiger partial charge in [-0.1, -0.05) is 30.3 Å². The van der Waals surface area contributed by atoms with E-state index in [1.807, 2.05) is 43.3 Å². The summed E-state index contributed by atoms with van der Waals surface area (Å²) in [7, 11) is 0. The van der Waals surface area contributed by atoms with Gasteiger partial charge in [-0.05, 0) is 30.7 Å². The second-order valence-electron chi connectivity index (χ2n) is 4.98. The molecule has 1 heterocycles. The molecule has 1 atom stereocenters. The number of carbonyl (C=O) groups is 1. The maximum absolute atomic E-state index is 12.4. The molecule has 0 aliphatic carbocycles. The number of amides is 1. The van der Waals surface area contributed by atoms with E-state index in [0.717, 1.165) is 16.5 Å². The molecule has 3 aromatic rings. The highest BCUT2D eigenvalue weighted by Crippen LogP contribution is 2.20. The first-order valence-electron chi connectivity index (χ1n) is 6.74. The number of anilines is 1. The van der Waals surface area contributed by atoms with Crippen molar-refractivity contribution in [3.8, 4) is 0 Å². The SMILES string of the molecule is CC(NC(=O)c1n[nH]c2ccc(N)cc12)c1ccccc1. The number of benzene rings is 2. The highest BCUT2D eigenvalue weighted by Gasteiger charge is 2.17. The average Bonchev–Trinajstić information content (AvgIpc) is 2.91. The van der Waals surface area contributed by atoms with Crippen LogP contribution in [-0.2, 0) is 0 Å². The molecule has 2 aromatic carbocycles. The van der Waals surface area contributed by atoms with Crippen LogP contribution in [0.15, 0.2) is 48.5 Å². The fourth-order valence-corrected chi connectivity index (χ4v) is 2.29. The van der Waals surface area contributed by atoms with Crippen LogP contribution in [0.5, 0.6) is 0 Å². The molecule has 0 aliphatic rings.